The van der Waals surface area contributed by atoms with Gasteiger partial charge in [0.2, 0.25) is 11.0 Å². The summed E-state index contributed by atoms with van der Waals surface area (Å²) in [5.41, 5.74) is 11.1. The van der Waals surface area contributed by atoms with Gasteiger partial charge >= 0.3 is 5.97 Å². The molecule has 1 atom stereocenters. The number of aryl methyl sites for hydroxylation is 1. The second-order valence-electron chi connectivity index (χ2n) is 9.48. The molecule has 12 heteroatoms. The smallest absolute Gasteiger partial charge is 0.337 e. The van der Waals surface area contributed by atoms with Crippen LogP contribution in [0.4, 0.5) is 10.8 Å². The van der Waals surface area contributed by atoms with Gasteiger partial charge in [-0.05, 0) is 49.6 Å². The number of esters is 1. The quantitative estimate of drug-likeness (QED) is 0.295. The van der Waals surface area contributed by atoms with E-state index in [0.717, 1.165) is 16.8 Å². The maximum Gasteiger partial charge on any atom is 0.337 e. The molecule has 0 spiro atoms. The van der Waals surface area contributed by atoms with E-state index in [-0.39, 0.29) is 23.3 Å². The predicted molar refractivity (Wildman–Crippen MR) is 156 cm³/mol. The van der Waals surface area contributed by atoms with Gasteiger partial charge in [0.25, 0.3) is 0 Å². The van der Waals surface area contributed by atoms with Crippen molar-refractivity contribution in [1.82, 2.24) is 10.2 Å². The molecule has 1 aromatic heterocycles. The largest absolute Gasteiger partial charge is 0.465 e. The van der Waals surface area contributed by atoms with Crippen LogP contribution in [0, 0.1) is 18.3 Å². The topological polar surface area (TPSA) is 151 Å². The summed E-state index contributed by atoms with van der Waals surface area (Å²) >= 11 is 2.44. The Morgan fingerprint density at radius 1 is 1.17 bits per heavy atom. The highest BCUT2D eigenvalue weighted by atomic mass is 32.2. The van der Waals surface area contributed by atoms with Crippen LogP contribution in [0.25, 0.3) is 0 Å². The summed E-state index contributed by atoms with van der Waals surface area (Å²) in [7, 11) is 1.30. The number of carbonyl (C=O) groups excluding carboxylic acids is 3. The molecule has 2 aliphatic rings. The second kappa shape index (κ2) is 12.0. The molecule has 1 amide bonds. The molecule has 41 heavy (non-hydrogen) atoms. The summed E-state index contributed by atoms with van der Waals surface area (Å²) in [6, 6.07) is 16.4. The lowest BCUT2D eigenvalue weighted by Gasteiger charge is -2.38. The van der Waals surface area contributed by atoms with Crippen LogP contribution < -0.4 is 16.0 Å². The van der Waals surface area contributed by atoms with Crippen LogP contribution in [0.15, 0.2) is 75.5 Å². The molecule has 1 unspecified atom stereocenters. The van der Waals surface area contributed by atoms with Crippen LogP contribution in [-0.2, 0) is 14.3 Å². The number of hydrogen-bond acceptors (Lipinski definition) is 11. The zero-order valence-corrected chi connectivity index (χ0v) is 24.0. The average Bonchev–Trinajstić information content (AvgIpc) is 3.44. The van der Waals surface area contributed by atoms with Gasteiger partial charge in [-0.15, -0.1) is 10.2 Å². The van der Waals surface area contributed by atoms with Crippen molar-refractivity contribution in [3.05, 3.63) is 87.9 Å². The third kappa shape index (κ3) is 5.73. The first-order chi connectivity index (χ1) is 19.8. The number of benzene rings is 2. The molecule has 0 saturated heterocycles. The number of ketones is 1. The van der Waals surface area contributed by atoms with Crippen molar-refractivity contribution < 1.29 is 19.1 Å². The molecule has 0 radical (unpaired) electrons. The van der Waals surface area contributed by atoms with Gasteiger partial charge in [0.1, 0.15) is 5.82 Å². The Morgan fingerprint density at radius 3 is 2.59 bits per heavy atom. The fraction of sp³-hybridized carbons (Fsp3) is 0.241. The Bertz CT molecular complexity index is 1620. The average molecular weight is 587 g/mol. The molecular formula is C29H26N6O4S2. The Kier molecular flexibility index (Phi) is 8.19. The van der Waals surface area contributed by atoms with Crippen LogP contribution in [0.1, 0.15) is 46.7 Å². The van der Waals surface area contributed by atoms with Crippen LogP contribution in [0.5, 0.6) is 0 Å². The third-order valence-corrected chi connectivity index (χ3v) is 8.87. The zero-order chi connectivity index (χ0) is 29.1. The molecule has 208 valence electrons. The van der Waals surface area contributed by atoms with E-state index in [2.05, 4.69) is 26.3 Å². The summed E-state index contributed by atoms with van der Waals surface area (Å²) in [6.45, 7) is 1.98. The molecule has 1 aliphatic heterocycles. The van der Waals surface area contributed by atoms with Crippen molar-refractivity contribution in [3.63, 3.8) is 0 Å². The molecule has 1 aliphatic carbocycles. The van der Waals surface area contributed by atoms with Gasteiger partial charge in [0.15, 0.2) is 10.1 Å². The van der Waals surface area contributed by atoms with Gasteiger partial charge in [0, 0.05) is 23.4 Å². The van der Waals surface area contributed by atoms with Gasteiger partial charge in [-0.3, -0.25) is 14.5 Å². The molecule has 10 nitrogen and oxygen atoms in total. The maximum absolute atomic E-state index is 13.3. The van der Waals surface area contributed by atoms with Gasteiger partial charge < -0.3 is 15.8 Å². The molecule has 3 aromatic rings. The van der Waals surface area contributed by atoms with Crippen molar-refractivity contribution >= 4 is 51.6 Å². The Labute approximate surface area is 244 Å². The van der Waals surface area contributed by atoms with Gasteiger partial charge in [-0.2, -0.15) is 5.26 Å². The van der Waals surface area contributed by atoms with E-state index in [1.165, 1.54) is 30.2 Å². The maximum atomic E-state index is 13.3. The van der Waals surface area contributed by atoms with Gasteiger partial charge in [0.05, 0.1) is 36.0 Å². The number of nitrogens with two attached hydrogens (primary N) is 1. The number of nitriles is 1. The number of nitrogens with one attached hydrogen (secondary N) is 1. The van der Waals surface area contributed by atoms with Crippen molar-refractivity contribution in [3.8, 4) is 6.07 Å². The number of hydrogen-bond donors (Lipinski definition) is 2. The summed E-state index contributed by atoms with van der Waals surface area (Å²) < 4.78 is 5.22. The van der Waals surface area contributed by atoms with E-state index in [1.807, 2.05) is 31.2 Å². The van der Waals surface area contributed by atoms with Crippen LogP contribution in [-0.4, -0.2) is 40.7 Å². The number of anilines is 2. The molecule has 3 N–H and O–H groups in total. The highest BCUT2D eigenvalue weighted by molar-refractivity contribution is 8.01. The first-order valence-electron chi connectivity index (χ1n) is 12.8. The summed E-state index contributed by atoms with van der Waals surface area (Å²) in [5, 5.41) is 21.9. The minimum Gasteiger partial charge on any atom is -0.465 e. The minimum atomic E-state index is -0.535. The number of rotatable bonds is 7. The van der Waals surface area contributed by atoms with E-state index in [4.69, 9.17) is 5.73 Å². The van der Waals surface area contributed by atoms with E-state index >= 15 is 0 Å². The number of amides is 1. The molecule has 2 heterocycles. The predicted octanol–water partition coefficient (Wildman–Crippen LogP) is 4.67. The first kappa shape index (κ1) is 28.1. The highest BCUT2D eigenvalue weighted by Crippen LogP contribution is 2.47. The fourth-order valence-electron chi connectivity index (χ4n) is 4.88. The number of thioether (sulfide) groups is 1. The highest BCUT2D eigenvalue weighted by Gasteiger charge is 2.41. The van der Waals surface area contributed by atoms with Crippen molar-refractivity contribution in [2.24, 2.45) is 5.73 Å². The van der Waals surface area contributed by atoms with Crippen LogP contribution >= 0.6 is 23.1 Å². The lowest BCUT2D eigenvalue weighted by atomic mass is 9.75. The first-order valence-corrected chi connectivity index (χ1v) is 14.6. The van der Waals surface area contributed by atoms with Crippen molar-refractivity contribution in [1.29, 1.82) is 5.26 Å². The fourth-order valence-corrected chi connectivity index (χ4v) is 6.56. The number of allylic oxidation sites excluding steroid dienone is 3. The number of methoxy groups -OCH3 is 1. The molecule has 5 rings (SSSR count). The van der Waals surface area contributed by atoms with Crippen LogP contribution in [0.3, 0.4) is 0 Å². The molecule has 0 bridgehead atoms. The molecular weight excluding hydrogens is 560 g/mol. The number of carbonyl (C=O) groups is 3. The van der Waals surface area contributed by atoms with Gasteiger partial charge in [-0.1, -0.05) is 52.9 Å². The number of nitrogens with zero attached hydrogens (tertiary/aromatic N) is 4. The van der Waals surface area contributed by atoms with Crippen molar-refractivity contribution in [2.75, 3.05) is 23.1 Å². The van der Waals surface area contributed by atoms with Crippen LogP contribution in [0.2, 0.25) is 0 Å². The zero-order valence-electron chi connectivity index (χ0n) is 22.3. The lowest BCUT2D eigenvalue weighted by molar-refractivity contribution is -0.116. The Balaban J connectivity index is 1.35. The Morgan fingerprint density at radius 2 is 1.90 bits per heavy atom. The second-order valence-corrected chi connectivity index (χ2v) is 11.7. The third-order valence-electron chi connectivity index (χ3n) is 6.83. The number of Topliss-reactive ketones (excluding diaryl/α,β-unsaturated/α-hetero) is 1. The summed E-state index contributed by atoms with van der Waals surface area (Å²) in [6.07, 6.45) is 1.69. The molecule has 2 aromatic carbocycles. The Hall–Kier alpha value is -4.47. The van der Waals surface area contributed by atoms with Crippen molar-refractivity contribution in [2.45, 2.75) is 36.4 Å². The summed E-state index contributed by atoms with van der Waals surface area (Å²) in [4.78, 5) is 39.1. The molecule has 0 saturated carbocycles. The van der Waals surface area contributed by atoms with E-state index in [1.54, 1.807) is 29.2 Å². The van der Waals surface area contributed by atoms with E-state index in [0.29, 0.717) is 51.1 Å². The number of aromatic nitrogens is 2. The standard InChI is InChI=1S/C29H26N6O4S2/c1-16-6-8-17(9-7-16)24-20(14-30)26(31)35(21-4-3-5-22(36)25(21)24)28-33-34-29(41-28)40-15-23(37)32-19-12-10-18(11-13-19)27(38)39-2/h6-13,24H,3-5,15,31H2,1-2H3,(H,32,37). The monoisotopic (exact) mass is 586 g/mol. The normalized spacial score (nSPS) is 16.8. The van der Waals surface area contributed by atoms with E-state index in [9.17, 15) is 19.6 Å². The lowest BCUT2D eigenvalue weighted by Crippen LogP contribution is -2.38. The van der Waals surface area contributed by atoms with E-state index < -0.39 is 11.9 Å². The molecule has 0 fully saturated rings. The SMILES string of the molecule is COC(=O)c1ccc(NC(=O)CSc2nnc(N3C(N)=C(C#N)C(c4ccc(C)cc4)C4=C3CCCC4=O)s2)cc1. The van der Waals surface area contributed by atoms with Gasteiger partial charge in [-0.25, -0.2) is 4.79 Å². The minimum absolute atomic E-state index is 0.00233. The number of ether oxygens (including phenoxy) is 1. The summed E-state index contributed by atoms with van der Waals surface area (Å²) in [5.74, 6) is -0.950.